The summed E-state index contributed by atoms with van der Waals surface area (Å²) in [6, 6.07) is 0.425. The molecule has 0 bridgehead atoms. The van der Waals surface area contributed by atoms with Crippen molar-refractivity contribution in [2.45, 2.75) is 84.0 Å². The molecule has 0 aromatic heterocycles. The summed E-state index contributed by atoms with van der Waals surface area (Å²) in [5.41, 5.74) is -0.572. The van der Waals surface area contributed by atoms with Crippen LogP contribution in [0.25, 0.3) is 0 Å². The predicted octanol–water partition coefficient (Wildman–Crippen LogP) is 2.28. The summed E-state index contributed by atoms with van der Waals surface area (Å²) >= 11 is 0. The number of ether oxygens (including phenoxy) is 1. The highest BCUT2D eigenvalue weighted by atomic mass is 16.6. The molecule has 1 atom stereocenters. The summed E-state index contributed by atoms with van der Waals surface area (Å²) in [6.45, 7) is 11.4. The molecule has 2 N–H and O–H groups in total. The molecule has 1 aliphatic heterocycles. The molecule has 1 saturated carbocycles. The zero-order valence-corrected chi connectivity index (χ0v) is 15.7. The van der Waals surface area contributed by atoms with Crippen LogP contribution >= 0.6 is 0 Å². The van der Waals surface area contributed by atoms with Gasteiger partial charge in [-0.2, -0.15) is 0 Å². The summed E-state index contributed by atoms with van der Waals surface area (Å²) in [6.07, 6.45) is 4.08. The van der Waals surface area contributed by atoms with Gasteiger partial charge in [-0.15, -0.1) is 0 Å². The van der Waals surface area contributed by atoms with E-state index in [2.05, 4.69) is 15.5 Å². The Hall–Kier alpha value is -1.30. The molecule has 0 radical (unpaired) electrons. The van der Waals surface area contributed by atoms with Gasteiger partial charge in [0.05, 0.1) is 0 Å². The number of piperidine rings is 1. The molecule has 1 aliphatic carbocycles. The van der Waals surface area contributed by atoms with Crippen LogP contribution in [0.15, 0.2) is 0 Å². The van der Waals surface area contributed by atoms with Gasteiger partial charge in [0, 0.05) is 25.2 Å². The third-order valence-electron chi connectivity index (χ3n) is 4.56. The first-order valence-electron chi connectivity index (χ1n) is 9.19. The molecule has 1 saturated heterocycles. The Bertz CT molecular complexity index is 447. The average molecular weight is 339 g/mol. The summed E-state index contributed by atoms with van der Waals surface area (Å²) in [5.74, 6) is -0.107. The minimum absolute atomic E-state index is 0.00377. The van der Waals surface area contributed by atoms with E-state index in [0.717, 1.165) is 32.0 Å². The van der Waals surface area contributed by atoms with Crippen LogP contribution in [0.2, 0.25) is 0 Å². The Morgan fingerprint density at radius 3 is 2.12 bits per heavy atom. The van der Waals surface area contributed by atoms with Crippen molar-refractivity contribution in [3.63, 3.8) is 0 Å². The number of nitrogens with zero attached hydrogens (tertiary/aromatic N) is 1. The van der Waals surface area contributed by atoms with E-state index in [1.807, 2.05) is 34.6 Å². The van der Waals surface area contributed by atoms with E-state index in [-0.39, 0.29) is 17.9 Å². The van der Waals surface area contributed by atoms with Gasteiger partial charge in [-0.25, -0.2) is 4.79 Å². The number of likely N-dealkylation sites (tertiary alicyclic amines) is 1. The first-order valence-corrected chi connectivity index (χ1v) is 9.19. The number of carbonyl (C=O) groups is 2. The Balaban J connectivity index is 1.81. The quantitative estimate of drug-likeness (QED) is 0.806. The lowest BCUT2D eigenvalue weighted by Gasteiger charge is -2.33. The van der Waals surface area contributed by atoms with E-state index in [1.165, 1.54) is 12.8 Å². The van der Waals surface area contributed by atoms with Crippen molar-refractivity contribution in [2.24, 2.45) is 5.92 Å². The molecule has 2 rings (SSSR count). The molecular formula is C18H33N3O3. The number of carbonyl (C=O) groups excluding carboxylic acids is 2. The fraction of sp³-hybridized carbons (Fsp3) is 0.889. The van der Waals surface area contributed by atoms with Gasteiger partial charge >= 0.3 is 6.09 Å². The lowest BCUT2D eigenvalue weighted by atomic mass is 10.0. The number of amides is 2. The topological polar surface area (TPSA) is 70.7 Å². The summed E-state index contributed by atoms with van der Waals surface area (Å²) in [4.78, 5) is 27.1. The molecule has 0 aromatic carbocycles. The van der Waals surface area contributed by atoms with Crippen LogP contribution in [-0.2, 0) is 9.53 Å². The number of hydrogen-bond acceptors (Lipinski definition) is 4. The van der Waals surface area contributed by atoms with Gasteiger partial charge in [0.2, 0.25) is 5.91 Å². The number of nitrogens with one attached hydrogen (secondary N) is 2. The first-order chi connectivity index (χ1) is 11.2. The Morgan fingerprint density at radius 1 is 1.08 bits per heavy atom. The number of rotatable bonds is 5. The molecule has 138 valence electrons. The van der Waals surface area contributed by atoms with Crippen LogP contribution in [0.1, 0.15) is 60.3 Å². The Morgan fingerprint density at radius 2 is 1.67 bits per heavy atom. The largest absolute Gasteiger partial charge is 0.444 e. The highest BCUT2D eigenvalue weighted by Gasteiger charge is 2.33. The maximum Gasteiger partial charge on any atom is 0.408 e. The van der Waals surface area contributed by atoms with Crippen molar-refractivity contribution in [1.29, 1.82) is 0 Å². The third kappa shape index (κ3) is 5.96. The van der Waals surface area contributed by atoms with E-state index < -0.39 is 17.7 Å². The number of hydrogen-bond donors (Lipinski definition) is 2. The molecule has 2 fully saturated rings. The van der Waals surface area contributed by atoms with Gasteiger partial charge < -0.3 is 20.3 Å². The van der Waals surface area contributed by atoms with Gasteiger partial charge in [0.15, 0.2) is 0 Å². The highest BCUT2D eigenvalue weighted by molar-refractivity contribution is 5.86. The van der Waals surface area contributed by atoms with Crippen LogP contribution < -0.4 is 10.6 Å². The van der Waals surface area contributed by atoms with Crippen LogP contribution in [0.3, 0.4) is 0 Å². The lowest BCUT2D eigenvalue weighted by molar-refractivity contribution is -0.125. The fourth-order valence-corrected chi connectivity index (χ4v) is 3.11. The van der Waals surface area contributed by atoms with Gasteiger partial charge in [-0.05, 0) is 52.4 Å². The Labute approximate surface area is 145 Å². The van der Waals surface area contributed by atoms with E-state index in [9.17, 15) is 9.59 Å². The van der Waals surface area contributed by atoms with Crippen molar-refractivity contribution < 1.29 is 14.3 Å². The molecule has 0 aromatic rings. The van der Waals surface area contributed by atoms with Gasteiger partial charge in [-0.1, -0.05) is 13.8 Å². The molecule has 24 heavy (non-hydrogen) atoms. The van der Waals surface area contributed by atoms with Crippen molar-refractivity contribution >= 4 is 12.0 Å². The molecule has 1 heterocycles. The molecule has 2 aliphatic rings. The van der Waals surface area contributed by atoms with Crippen LogP contribution in [0.5, 0.6) is 0 Å². The number of alkyl carbamates (subject to hydrolysis) is 1. The Kier molecular flexibility index (Phi) is 6.12. The van der Waals surface area contributed by atoms with Gasteiger partial charge in [0.25, 0.3) is 0 Å². The minimum Gasteiger partial charge on any atom is -0.444 e. The molecule has 2 amide bonds. The lowest BCUT2D eigenvalue weighted by Crippen LogP contribution is -2.54. The van der Waals surface area contributed by atoms with E-state index in [4.69, 9.17) is 4.74 Å². The standard InChI is InChI=1S/C18H33N3O3/c1-12(2)15(20-17(23)24-18(3,4)5)16(22)19-13-8-10-21(11-9-13)14-6-7-14/h12-15H,6-11H2,1-5H3,(H,19,22)(H,20,23). The monoisotopic (exact) mass is 339 g/mol. The normalized spacial score (nSPS) is 21.4. The molecule has 0 spiro atoms. The molecule has 1 unspecified atom stereocenters. The van der Waals surface area contributed by atoms with Crippen LogP contribution in [0.4, 0.5) is 4.79 Å². The SMILES string of the molecule is CC(C)C(NC(=O)OC(C)(C)C)C(=O)NC1CCN(C2CC2)CC1. The third-order valence-corrected chi connectivity index (χ3v) is 4.56. The van der Waals surface area contributed by atoms with E-state index >= 15 is 0 Å². The van der Waals surface area contributed by atoms with Crippen molar-refractivity contribution in [2.75, 3.05) is 13.1 Å². The van der Waals surface area contributed by atoms with Crippen molar-refractivity contribution in [1.82, 2.24) is 15.5 Å². The maximum atomic E-state index is 12.6. The van der Waals surface area contributed by atoms with Gasteiger partial charge in [-0.3, -0.25) is 4.79 Å². The first kappa shape index (κ1) is 19.0. The fourth-order valence-electron chi connectivity index (χ4n) is 3.11. The molecule has 6 heteroatoms. The minimum atomic E-state index is -0.572. The van der Waals surface area contributed by atoms with E-state index in [0.29, 0.717) is 0 Å². The predicted molar refractivity (Wildman–Crippen MR) is 93.8 cm³/mol. The van der Waals surface area contributed by atoms with Crippen molar-refractivity contribution in [3.05, 3.63) is 0 Å². The van der Waals surface area contributed by atoms with Crippen LogP contribution in [-0.4, -0.2) is 53.7 Å². The zero-order valence-electron chi connectivity index (χ0n) is 15.7. The average Bonchev–Trinajstić information content (AvgIpc) is 3.28. The molecule has 6 nitrogen and oxygen atoms in total. The molecular weight excluding hydrogens is 306 g/mol. The highest BCUT2D eigenvalue weighted by Crippen LogP contribution is 2.29. The second kappa shape index (κ2) is 7.72. The van der Waals surface area contributed by atoms with Gasteiger partial charge in [0.1, 0.15) is 11.6 Å². The maximum absolute atomic E-state index is 12.6. The van der Waals surface area contributed by atoms with Crippen molar-refractivity contribution in [3.8, 4) is 0 Å². The zero-order chi connectivity index (χ0) is 17.9. The smallest absolute Gasteiger partial charge is 0.408 e. The second-order valence-electron chi connectivity index (χ2n) is 8.42. The summed E-state index contributed by atoms with van der Waals surface area (Å²) < 4.78 is 5.27. The summed E-state index contributed by atoms with van der Waals surface area (Å²) in [7, 11) is 0. The van der Waals surface area contributed by atoms with Crippen LogP contribution in [0, 0.1) is 5.92 Å². The summed E-state index contributed by atoms with van der Waals surface area (Å²) in [5, 5.41) is 5.83. The second-order valence-corrected chi connectivity index (χ2v) is 8.42. The van der Waals surface area contributed by atoms with E-state index in [1.54, 1.807) is 0 Å².